The SMILES string of the molecule is CCOC(=O)c1nc(C(=O)Nc2cccc(Br)c2)cs1. The first-order chi connectivity index (χ1) is 9.60. The van der Waals surface area contributed by atoms with Crippen LogP contribution in [-0.4, -0.2) is 23.5 Å². The molecule has 0 aliphatic heterocycles. The fraction of sp³-hybridized carbons (Fsp3) is 0.154. The minimum absolute atomic E-state index is 0.172. The van der Waals surface area contributed by atoms with Crippen molar-refractivity contribution in [3.63, 3.8) is 0 Å². The Hall–Kier alpha value is -1.73. The number of aromatic nitrogens is 1. The molecule has 0 unspecified atom stereocenters. The van der Waals surface area contributed by atoms with Gasteiger partial charge in [0.2, 0.25) is 5.01 Å². The Labute approximate surface area is 128 Å². The fourth-order valence-electron chi connectivity index (χ4n) is 1.43. The highest BCUT2D eigenvalue weighted by Gasteiger charge is 2.16. The molecule has 1 aromatic heterocycles. The van der Waals surface area contributed by atoms with E-state index >= 15 is 0 Å². The van der Waals surface area contributed by atoms with E-state index in [1.165, 1.54) is 5.38 Å². The van der Waals surface area contributed by atoms with Crippen molar-refractivity contribution in [2.75, 3.05) is 11.9 Å². The number of nitrogens with one attached hydrogen (secondary N) is 1. The molecule has 7 heteroatoms. The van der Waals surface area contributed by atoms with Crippen molar-refractivity contribution >= 4 is 44.8 Å². The van der Waals surface area contributed by atoms with Gasteiger partial charge >= 0.3 is 5.97 Å². The Morgan fingerprint density at radius 3 is 2.95 bits per heavy atom. The van der Waals surface area contributed by atoms with Gasteiger partial charge < -0.3 is 10.1 Å². The highest BCUT2D eigenvalue weighted by atomic mass is 79.9. The standard InChI is InChI=1S/C13H11BrN2O3S/c1-2-19-13(18)12-16-10(7-20-12)11(17)15-9-5-3-4-8(14)6-9/h3-7H,2H2,1H3,(H,15,17). The molecule has 0 atom stereocenters. The summed E-state index contributed by atoms with van der Waals surface area (Å²) in [5.41, 5.74) is 0.841. The van der Waals surface area contributed by atoms with Crippen LogP contribution < -0.4 is 5.32 Å². The van der Waals surface area contributed by atoms with E-state index in [2.05, 4.69) is 26.2 Å². The fourth-order valence-corrected chi connectivity index (χ4v) is 2.51. The van der Waals surface area contributed by atoms with E-state index in [9.17, 15) is 9.59 Å². The molecule has 0 saturated carbocycles. The van der Waals surface area contributed by atoms with Crippen LogP contribution in [-0.2, 0) is 4.74 Å². The average molecular weight is 355 g/mol. The van der Waals surface area contributed by atoms with Crippen molar-refractivity contribution < 1.29 is 14.3 Å². The Morgan fingerprint density at radius 1 is 1.45 bits per heavy atom. The average Bonchev–Trinajstić information content (AvgIpc) is 2.88. The first kappa shape index (κ1) is 14.7. The molecule has 1 amide bonds. The normalized spacial score (nSPS) is 10.1. The number of benzene rings is 1. The van der Waals surface area contributed by atoms with E-state index in [0.29, 0.717) is 5.69 Å². The van der Waals surface area contributed by atoms with Crippen molar-refractivity contribution in [3.8, 4) is 0 Å². The van der Waals surface area contributed by atoms with Crippen molar-refractivity contribution in [2.45, 2.75) is 6.92 Å². The monoisotopic (exact) mass is 354 g/mol. The van der Waals surface area contributed by atoms with Gasteiger partial charge in [-0.2, -0.15) is 0 Å². The van der Waals surface area contributed by atoms with E-state index in [0.717, 1.165) is 15.8 Å². The lowest BCUT2D eigenvalue weighted by Crippen LogP contribution is -2.13. The Morgan fingerprint density at radius 2 is 2.25 bits per heavy atom. The lowest BCUT2D eigenvalue weighted by Gasteiger charge is -2.03. The van der Waals surface area contributed by atoms with Crippen molar-refractivity contribution in [1.82, 2.24) is 4.98 Å². The van der Waals surface area contributed by atoms with Crippen LogP contribution in [0, 0.1) is 0 Å². The highest BCUT2D eigenvalue weighted by Crippen LogP contribution is 2.17. The van der Waals surface area contributed by atoms with Gasteiger partial charge in [-0.25, -0.2) is 9.78 Å². The third-order valence-corrected chi connectivity index (χ3v) is 3.58. The summed E-state index contributed by atoms with van der Waals surface area (Å²) in [6.07, 6.45) is 0. The second-order valence-electron chi connectivity index (χ2n) is 3.72. The zero-order valence-electron chi connectivity index (χ0n) is 10.6. The molecule has 0 fully saturated rings. The molecule has 5 nitrogen and oxygen atoms in total. The van der Waals surface area contributed by atoms with Crippen LogP contribution in [0.2, 0.25) is 0 Å². The molecule has 0 aliphatic rings. The number of halogens is 1. The Bertz CT molecular complexity index is 642. The van der Waals surface area contributed by atoms with Gasteiger partial charge in [0.1, 0.15) is 5.69 Å². The summed E-state index contributed by atoms with van der Waals surface area (Å²) in [4.78, 5) is 27.4. The van der Waals surface area contributed by atoms with Crippen LogP contribution in [0.1, 0.15) is 27.2 Å². The van der Waals surface area contributed by atoms with E-state index < -0.39 is 5.97 Å². The van der Waals surface area contributed by atoms with Gasteiger partial charge in [-0.3, -0.25) is 4.79 Å². The number of anilines is 1. The van der Waals surface area contributed by atoms with Crippen LogP contribution >= 0.6 is 27.3 Å². The summed E-state index contributed by atoms with van der Waals surface area (Å²) in [7, 11) is 0. The Balaban J connectivity index is 2.08. The third kappa shape index (κ3) is 3.64. The maximum Gasteiger partial charge on any atom is 0.367 e. The summed E-state index contributed by atoms with van der Waals surface area (Å²) in [5.74, 6) is -0.881. The molecule has 2 aromatic rings. The van der Waals surface area contributed by atoms with Gasteiger partial charge in [0.15, 0.2) is 0 Å². The lowest BCUT2D eigenvalue weighted by atomic mass is 10.3. The summed E-state index contributed by atoms with van der Waals surface area (Å²) in [5, 5.41) is 4.41. The summed E-state index contributed by atoms with van der Waals surface area (Å²) in [6.45, 7) is 1.99. The molecule has 0 saturated heterocycles. The second kappa shape index (κ2) is 6.62. The van der Waals surface area contributed by atoms with Crippen LogP contribution in [0.15, 0.2) is 34.1 Å². The topological polar surface area (TPSA) is 68.3 Å². The summed E-state index contributed by atoms with van der Waals surface area (Å²) in [6, 6.07) is 7.21. The number of hydrogen-bond acceptors (Lipinski definition) is 5. The number of carbonyl (C=O) groups excluding carboxylic acids is 2. The van der Waals surface area contributed by atoms with Crippen LogP contribution in [0.25, 0.3) is 0 Å². The number of carbonyl (C=O) groups is 2. The number of hydrogen-bond donors (Lipinski definition) is 1. The number of amides is 1. The highest BCUT2D eigenvalue weighted by molar-refractivity contribution is 9.10. The van der Waals surface area contributed by atoms with Crippen molar-refractivity contribution in [3.05, 3.63) is 44.8 Å². The predicted molar refractivity (Wildman–Crippen MR) is 80.2 cm³/mol. The minimum atomic E-state index is -0.515. The first-order valence-electron chi connectivity index (χ1n) is 5.79. The molecule has 1 heterocycles. The molecule has 0 spiro atoms. The number of rotatable bonds is 4. The van der Waals surface area contributed by atoms with E-state index in [1.54, 1.807) is 19.1 Å². The van der Waals surface area contributed by atoms with Crippen molar-refractivity contribution in [1.29, 1.82) is 0 Å². The number of thiazole rings is 1. The van der Waals surface area contributed by atoms with E-state index in [1.807, 2.05) is 12.1 Å². The smallest absolute Gasteiger partial charge is 0.367 e. The van der Waals surface area contributed by atoms with Gasteiger partial charge in [-0.05, 0) is 25.1 Å². The molecule has 2 rings (SSSR count). The zero-order valence-corrected chi connectivity index (χ0v) is 13.0. The Kier molecular flexibility index (Phi) is 4.86. The summed E-state index contributed by atoms with van der Waals surface area (Å²) < 4.78 is 5.69. The molecule has 0 bridgehead atoms. The van der Waals surface area contributed by atoms with Gasteiger partial charge in [0, 0.05) is 15.5 Å². The minimum Gasteiger partial charge on any atom is -0.461 e. The molecule has 0 radical (unpaired) electrons. The maximum absolute atomic E-state index is 12.0. The molecule has 1 N–H and O–H groups in total. The van der Waals surface area contributed by atoms with Crippen LogP contribution in [0.5, 0.6) is 0 Å². The van der Waals surface area contributed by atoms with E-state index in [-0.39, 0.29) is 23.2 Å². The molecular formula is C13H11BrN2O3S. The second-order valence-corrected chi connectivity index (χ2v) is 5.50. The molecule has 0 aliphatic carbocycles. The maximum atomic E-state index is 12.0. The van der Waals surface area contributed by atoms with Gasteiger partial charge in [0.25, 0.3) is 5.91 Å². The molecular weight excluding hydrogens is 344 g/mol. The number of ether oxygens (including phenoxy) is 1. The number of esters is 1. The summed E-state index contributed by atoms with van der Waals surface area (Å²) >= 11 is 4.41. The largest absolute Gasteiger partial charge is 0.461 e. The van der Waals surface area contributed by atoms with Crippen LogP contribution in [0.3, 0.4) is 0 Å². The lowest BCUT2D eigenvalue weighted by molar-refractivity contribution is 0.0526. The first-order valence-corrected chi connectivity index (χ1v) is 7.47. The number of nitrogens with zero attached hydrogens (tertiary/aromatic N) is 1. The third-order valence-electron chi connectivity index (χ3n) is 2.27. The zero-order chi connectivity index (χ0) is 14.5. The van der Waals surface area contributed by atoms with Crippen LogP contribution in [0.4, 0.5) is 5.69 Å². The van der Waals surface area contributed by atoms with E-state index in [4.69, 9.17) is 4.74 Å². The molecule has 104 valence electrons. The van der Waals surface area contributed by atoms with Crippen molar-refractivity contribution in [2.24, 2.45) is 0 Å². The quantitative estimate of drug-likeness (QED) is 0.855. The molecule has 1 aromatic carbocycles. The predicted octanol–water partition coefficient (Wildman–Crippen LogP) is 3.33. The molecule has 20 heavy (non-hydrogen) atoms. The van der Waals surface area contributed by atoms with Gasteiger partial charge in [0.05, 0.1) is 6.61 Å². The van der Waals surface area contributed by atoms with Gasteiger partial charge in [-0.1, -0.05) is 22.0 Å². The van der Waals surface area contributed by atoms with Gasteiger partial charge in [-0.15, -0.1) is 11.3 Å².